The van der Waals surface area contributed by atoms with E-state index >= 15 is 0 Å². The Kier molecular flexibility index (Phi) is 5.22. The van der Waals surface area contributed by atoms with Crippen LogP contribution in [0.25, 0.3) is 21.2 Å². The van der Waals surface area contributed by atoms with Gasteiger partial charge in [-0.15, -0.1) is 11.3 Å². The van der Waals surface area contributed by atoms with Gasteiger partial charge in [0.15, 0.2) is 0 Å². The second-order valence-electron chi connectivity index (χ2n) is 6.49. The Hall–Kier alpha value is -2.96. The fourth-order valence-corrected chi connectivity index (χ4v) is 4.40. The molecule has 4 aromatic rings. The van der Waals surface area contributed by atoms with Crippen LogP contribution in [0, 0.1) is 18.6 Å². The van der Waals surface area contributed by atoms with Crippen LogP contribution in [0.1, 0.15) is 5.56 Å². The number of carbonyl (C=O) groups is 1. The van der Waals surface area contributed by atoms with Crippen molar-refractivity contribution < 1.29 is 13.6 Å². The maximum atomic E-state index is 13.9. The average Bonchev–Trinajstić information content (AvgIpc) is 3.01. The minimum absolute atomic E-state index is 0.111. The van der Waals surface area contributed by atoms with Crippen molar-refractivity contribution in [1.82, 2.24) is 0 Å². The summed E-state index contributed by atoms with van der Waals surface area (Å²) in [5, 5.41) is 7.31. The van der Waals surface area contributed by atoms with Crippen molar-refractivity contribution in [2.24, 2.45) is 0 Å². The maximum absolute atomic E-state index is 13.9. The van der Waals surface area contributed by atoms with E-state index in [4.69, 9.17) is 11.6 Å². The zero-order valence-electron chi connectivity index (χ0n) is 15.2. The molecule has 7 heteroatoms. The molecule has 3 aromatic carbocycles. The molecular formula is C22H15ClF2N2OS. The van der Waals surface area contributed by atoms with Crippen LogP contribution in [0.4, 0.5) is 24.3 Å². The van der Waals surface area contributed by atoms with Gasteiger partial charge in [0.1, 0.15) is 16.6 Å². The lowest BCUT2D eigenvalue weighted by Crippen LogP contribution is -2.20. The number of hydrogen-bond acceptors (Lipinski definition) is 2. The van der Waals surface area contributed by atoms with Crippen LogP contribution >= 0.6 is 22.9 Å². The molecule has 0 saturated carbocycles. The standard InChI is InChI=1S/C22H15ClF2N2OS/c1-12-6-9-19-15(10-12)20(14-4-2-3-5-16(14)23)21(29-19)27-22(28)26-18-8-7-13(24)11-17(18)25/h2-11H,1H3,(H2,26,27,28). The Bertz CT molecular complexity index is 1240. The van der Waals surface area contributed by atoms with Gasteiger partial charge in [0.05, 0.1) is 5.69 Å². The lowest BCUT2D eigenvalue weighted by Gasteiger charge is -2.10. The summed E-state index contributed by atoms with van der Waals surface area (Å²) in [6, 6.07) is 15.7. The predicted molar refractivity (Wildman–Crippen MR) is 116 cm³/mol. The van der Waals surface area contributed by atoms with Crippen molar-refractivity contribution in [1.29, 1.82) is 0 Å². The number of carbonyl (C=O) groups excluding carboxylic acids is 1. The van der Waals surface area contributed by atoms with E-state index < -0.39 is 17.7 Å². The average molecular weight is 429 g/mol. The first-order valence-corrected chi connectivity index (χ1v) is 9.93. The first-order valence-electron chi connectivity index (χ1n) is 8.73. The van der Waals surface area contributed by atoms with Gasteiger partial charge < -0.3 is 5.32 Å². The van der Waals surface area contributed by atoms with Crippen molar-refractivity contribution in [3.63, 3.8) is 0 Å². The number of aryl methyl sites for hydroxylation is 1. The van der Waals surface area contributed by atoms with E-state index in [1.165, 1.54) is 17.4 Å². The molecule has 29 heavy (non-hydrogen) atoms. The largest absolute Gasteiger partial charge is 0.324 e. The first-order chi connectivity index (χ1) is 13.9. The number of benzene rings is 3. The lowest BCUT2D eigenvalue weighted by atomic mass is 10.0. The fourth-order valence-electron chi connectivity index (χ4n) is 3.08. The molecule has 2 amide bonds. The number of halogens is 3. The highest BCUT2D eigenvalue weighted by Gasteiger charge is 2.19. The predicted octanol–water partition coefficient (Wildman–Crippen LogP) is 7.45. The minimum atomic E-state index is -0.849. The zero-order valence-corrected chi connectivity index (χ0v) is 16.8. The van der Waals surface area contributed by atoms with E-state index in [0.717, 1.165) is 32.8 Å². The van der Waals surface area contributed by atoms with Crippen molar-refractivity contribution in [2.75, 3.05) is 10.6 Å². The van der Waals surface area contributed by atoms with E-state index in [-0.39, 0.29) is 5.69 Å². The molecule has 0 atom stereocenters. The summed E-state index contributed by atoms with van der Waals surface area (Å²) >= 11 is 7.82. The summed E-state index contributed by atoms with van der Waals surface area (Å²) in [5.74, 6) is -1.56. The molecule has 0 spiro atoms. The molecule has 0 unspecified atom stereocenters. The Labute approximate surface area is 174 Å². The molecule has 0 aliphatic rings. The quantitative estimate of drug-likeness (QED) is 0.349. The normalized spacial score (nSPS) is 10.9. The van der Waals surface area contributed by atoms with Gasteiger partial charge in [0.25, 0.3) is 0 Å². The van der Waals surface area contributed by atoms with Crippen LogP contribution in [0.15, 0.2) is 60.7 Å². The Morgan fingerprint density at radius 3 is 2.55 bits per heavy atom. The smallest absolute Gasteiger partial charge is 0.305 e. The van der Waals surface area contributed by atoms with E-state index in [0.29, 0.717) is 16.1 Å². The van der Waals surface area contributed by atoms with Crippen LogP contribution in [0.3, 0.4) is 0 Å². The number of nitrogens with one attached hydrogen (secondary N) is 2. The van der Waals surface area contributed by atoms with Crippen molar-refractivity contribution in [3.8, 4) is 11.1 Å². The maximum Gasteiger partial charge on any atom is 0.324 e. The number of anilines is 2. The lowest BCUT2D eigenvalue weighted by molar-refractivity contribution is 0.262. The third-order valence-corrected chi connectivity index (χ3v) is 5.81. The van der Waals surface area contributed by atoms with Gasteiger partial charge in [-0.25, -0.2) is 13.6 Å². The van der Waals surface area contributed by atoms with E-state index in [9.17, 15) is 13.6 Å². The van der Waals surface area contributed by atoms with Crippen LogP contribution in [0.5, 0.6) is 0 Å². The molecule has 0 aliphatic heterocycles. The Balaban J connectivity index is 1.74. The second-order valence-corrected chi connectivity index (χ2v) is 7.95. The highest BCUT2D eigenvalue weighted by atomic mass is 35.5. The van der Waals surface area contributed by atoms with Gasteiger partial charge in [-0.1, -0.05) is 41.4 Å². The number of hydrogen-bond donors (Lipinski definition) is 2. The molecular weight excluding hydrogens is 414 g/mol. The fraction of sp³-hybridized carbons (Fsp3) is 0.0455. The topological polar surface area (TPSA) is 41.1 Å². The summed E-state index contributed by atoms with van der Waals surface area (Å²) in [5.41, 5.74) is 2.55. The molecule has 0 radical (unpaired) electrons. The number of thiophene rings is 1. The molecule has 3 nitrogen and oxygen atoms in total. The summed E-state index contributed by atoms with van der Waals surface area (Å²) in [4.78, 5) is 12.5. The molecule has 0 aliphatic carbocycles. The minimum Gasteiger partial charge on any atom is -0.305 e. The SMILES string of the molecule is Cc1ccc2sc(NC(=O)Nc3ccc(F)cc3F)c(-c3ccccc3Cl)c2c1. The van der Waals surface area contributed by atoms with Gasteiger partial charge in [-0.3, -0.25) is 5.32 Å². The number of urea groups is 1. The van der Waals surface area contributed by atoms with Crippen molar-refractivity contribution in [3.05, 3.63) is 82.9 Å². The Morgan fingerprint density at radius 1 is 1.00 bits per heavy atom. The highest BCUT2D eigenvalue weighted by molar-refractivity contribution is 7.23. The highest BCUT2D eigenvalue weighted by Crippen LogP contribution is 2.45. The molecule has 1 heterocycles. The van der Waals surface area contributed by atoms with Gasteiger partial charge in [0.2, 0.25) is 0 Å². The first kappa shape index (κ1) is 19.4. The van der Waals surface area contributed by atoms with E-state index in [2.05, 4.69) is 10.6 Å². The molecule has 0 saturated heterocycles. The number of fused-ring (bicyclic) bond motifs is 1. The number of rotatable bonds is 3. The third-order valence-electron chi connectivity index (χ3n) is 4.39. The van der Waals surface area contributed by atoms with E-state index in [1.54, 1.807) is 6.07 Å². The second kappa shape index (κ2) is 7.81. The molecule has 146 valence electrons. The van der Waals surface area contributed by atoms with Crippen molar-refractivity contribution in [2.45, 2.75) is 6.92 Å². The molecule has 0 bridgehead atoms. The van der Waals surface area contributed by atoms with Crippen LogP contribution in [-0.2, 0) is 0 Å². The Morgan fingerprint density at radius 2 is 1.79 bits per heavy atom. The van der Waals surface area contributed by atoms with E-state index in [1.807, 2.05) is 43.3 Å². The van der Waals surface area contributed by atoms with Gasteiger partial charge in [-0.2, -0.15) is 0 Å². The van der Waals surface area contributed by atoms with Crippen LogP contribution in [-0.4, -0.2) is 6.03 Å². The summed E-state index contributed by atoms with van der Waals surface area (Å²) < 4.78 is 27.9. The third kappa shape index (κ3) is 3.95. The number of amides is 2. The van der Waals surface area contributed by atoms with Crippen molar-refractivity contribution >= 4 is 49.7 Å². The van der Waals surface area contributed by atoms with Crippen LogP contribution < -0.4 is 10.6 Å². The summed E-state index contributed by atoms with van der Waals surface area (Å²) in [7, 11) is 0. The van der Waals surface area contributed by atoms with Gasteiger partial charge in [0, 0.05) is 32.3 Å². The zero-order chi connectivity index (χ0) is 20.5. The summed E-state index contributed by atoms with van der Waals surface area (Å²) in [6.45, 7) is 1.99. The summed E-state index contributed by atoms with van der Waals surface area (Å²) in [6.07, 6.45) is 0. The van der Waals surface area contributed by atoms with Gasteiger partial charge >= 0.3 is 6.03 Å². The molecule has 1 aromatic heterocycles. The van der Waals surface area contributed by atoms with Crippen LogP contribution in [0.2, 0.25) is 5.02 Å². The molecule has 4 rings (SSSR count). The monoisotopic (exact) mass is 428 g/mol. The molecule has 0 fully saturated rings. The van der Waals surface area contributed by atoms with Gasteiger partial charge in [-0.05, 0) is 37.3 Å². The molecule has 2 N–H and O–H groups in total.